The van der Waals surface area contributed by atoms with Gasteiger partial charge in [-0.05, 0) is 52.4 Å². The van der Waals surface area contributed by atoms with Crippen molar-refractivity contribution in [1.82, 2.24) is 4.57 Å². The van der Waals surface area contributed by atoms with Gasteiger partial charge < -0.3 is 9.64 Å². The van der Waals surface area contributed by atoms with Crippen LogP contribution in [0.1, 0.15) is 48.4 Å². The number of carbonyl (C=O) groups excluding carboxylic acids is 1. The zero-order valence-corrected chi connectivity index (χ0v) is 25.9. The van der Waals surface area contributed by atoms with Crippen molar-refractivity contribution >= 4 is 50.1 Å². The predicted octanol–water partition coefficient (Wildman–Crippen LogP) is 8.42. The molecule has 0 fully saturated rings. The van der Waals surface area contributed by atoms with Gasteiger partial charge in [-0.1, -0.05) is 95.0 Å². The molecule has 2 heterocycles. The number of pyridine rings is 1. The number of alkyl halides is 4. The lowest BCUT2D eigenvalue weighted by Crippen LogP contribution is -2.30. The Morgan fingerprint density at radius 3 is 2.49 bits per heavy atom. The molecule has 0 saturated carbocycles. The number of hydrogen-bond donors (Lipinski definition) is 0. The fraction of sp³-hybridized carbons (Fsp3) is 0.333. The molecule has 226 valence electrons. The van der Waals surface area contributed by atoms with E-state index in [0.717, 1.165) is 59.5 Å². The molecule has 0 aliphatic carbocycles. The Labute approximate surface area is 261 Å². The monoisotopic (exact) mass is 674 g/mol. The summed E-state index contributed by atoms with van der Waals surface area (Å²) in [6.07, 6.45) is -0.658. The second-order valence-electron chi connectivity index (χ2n) is 10.6. The minimum atomic E-state index is -4.58. The number of rotatable bonds is 10. The van der Waals surface area contributed by atoms with Crippen molar-refractivity contribution in [2.75, 3.05) is 30.4 Å². The van der Waals surface area contributed by atoms with Crippen LogP contribution in [0.5, 0.6) is 0 Å². The topological polar surface area (TPSA) is 51.5 Å². The van der Waals surface area contributed by atoms with E-state index in [2.05, 4.69) is 15.9 Å². The molecular weight excluding hydrogens is 645 g/mol. The van der Waals surface area contributed by atoms with Gasteiger partial charge in [-0.25, -0.2) is 4.79 Å². The van der Waals surface area contributed by atoms with Gasteiger partial charge in [0.1, 0.15) is 10.8 Å². The molecule has 0 N–H and O–H groups in total. The molecule has 5 nitrogen and oxygen atoms in total. The largest absolute Gasteiger partial charge is 0.467 e. The van der Waals surface area contributed by atoms with Gasteiger partial charge in [0.2, 0.25) is 0 Å². The van der Waals surface area contributed by atoms with Gasteiger partial charge >= 0.3 is 12.1 Å². The van der Waals surface area contributed by atoms with Crippen LogP contribution >= 0.6 is 27.5 Å². The number of nitrogens with zero attached hydrogens (tertiary/aromatic N) is 2. The Balaban J connectivity index is 1.76. The molecule has 1 aliphatic rings. The van der Waals surface area contributed by atoms with Gasteiger partial charge in [0.15, 0.2) is 6.04 Å². The molecule has 1 atom stereocenters. The summed E-state index contributed by atoms with van der Waals surface area (Å²) in [7, 11) is 1.25. The summed E-state index contributed by atoms with van der Waals surface area (Å²) in [6, 6.07) is 17.7. The summed E-state index contributed by atoms with van der Waals surface area (Å²) in [5, 5.41) is 2.71. The van der Waals surface area contributed by atoms with Gasteiger partial charge in [0.05, 0.1) is 19.2 Å². The smallest absolute Gasteiger partial charge is 0.416 e. The van der Waals surface area contributed by atoms with E-state index in [1.54, 1.807) is 6.07 Å². The van der Waals surface area contributed by atoms with E-state index in [4.69, 9.17) is 16.3 Å². The molecule has 0 spiro atoms. The molecule has 3 aromatic carbocycles. The predicted molar refractivity (Wildman–Crippen MR) is 168 cm³/mol. The Bertz CT molecular complexity index is 1700. The molecule has 43 heavy (non-hydrogen) atoms. The summed E-state index contributed by atoms with van der Waals surface area (Å²) in [4.78, 5) is 28.8. The average Bonchev–Trinajstić information content (AvgIpc) is 3.38. The molecule has 1 unspecified atom stereocenters. The van der Waals surface area contributed by atoms with E-state index in [1.165, 1.54) is 17.7 Å². The lowest BCUT2D eigenvalue weighted by atomic mass is 9.92. The van der Waals surface area contributed by atoms with E-state index in [0.29, 0.717) is 23.5 Å². The number of aromatic nitrogens is 1. The first-order valence-corrected chi connectivity index (χ1v) is 15.7. The number of ether oxygens (including phenoxy) is 1. The highest BCUT2D eigenvalue weighted by Crippen LogP contribution is 2.44. The van der Waals surface area contributed by atoms with E-state index in [-0.39, 0.29) is 23.6 Å². The van der Waals surface area contributed by atoms with Gasteiger partial charge in [0.25, 0.3) is 5.56 Å². The molecule has 0 bridgehead atoms. The maximum Gasteiger partial charge on any atom is 0.416 e. The van der Waals surface area contributed by atoms with Crippen LogP contribution < -0.4 is 10.5 Å². The van der Waals surface area contributed by atoms with E-state index >= 15 is 0 Å². The Kier molecular flexibility index (Phi) is 9.51. The number of fused-ring (bicyclic) bond motifs is 2. The van der Waals surface area contributed by atoms with E-state index in [9.17, 15) is 22.8 Å². The van der Waals surface area contributed by atoms with Crippen LogP contribution in [0.15, 0.2) is 71.5 Å². The third-order valence-electron chi connectivity index (χ3n) is 7.94. The summed E-state index contributed by atoms with van der Waals surface area (Å²) in [5.74, 6) is -0.224. The number of unbranched alkanes of at least 4 members (excludes halogenated alkanes) is 3. The van der Waals surface area contributed by atoms with E-state index < -0.39 is 29.3 Å². The number of halogens is 5. The fourth-order valence-corrected chi connectivity index (χ4v) is 6.54. The highest BCUT2D eigenvalue weighted by atomic mass is 79.9. The third-order valence-corrected chi connectivity index (χ3v) is 8.89. The molecule has 4 aromatic rings. The Hall–Kier alpha value is -3.30. The van der Waals surface area contributed by atoms with Crippen molar-refractivity contribution in [3.8, 4) is 11.1 Å². The number of methoxy groups -OCH3 is 1. The van der Waals surface area contributed by atoms with Crippen LogP contribution in [0.25, 0.3) is 21.9 Å². The summed E-state index contributed by atoms with van der Waals surface area (Å²) < 4.78 is 48.1. The van der Waals surface area contributed by atoms with Crippen molar-refractivity contribution in [3.05, 3.63) is 98.8 Å². The van der Waals surface area contributed by atoms with Crippen molar-refractivity contribution in [2.45, 2.75) is 44.3 Å². The first-order valence-electron chi connectivity index (χ1n) is 14.2. The Morgan fingerprint density at radius 1 is 1.02 bits per heavy atom. The lowest BCUT2D eigenvalue weighted by Gasteiger charge is -2.25. The third kappa shape index (κ3) is 6.34. The average molecular weight is 676 g/mol. The molecule has 1 aromatic heterocycles. The highest BCUT2D eigenvalue weighted by Gasteiger charge is 2.40. The maximum absolute atomic E-state index is 13.9. The van der Waals surface area contributed by atoms with Crippen LogP contribution in [0.4, 0.5) is 19.0 Å². The van der Waals surface area contributed by atoms with E-state index in [1.807, 2.05) is 47.4 Å². The number of anilines is 1. The second kappa shape index (κ2) is 13.1. The first kappa shape index (κ1) is 31.1. The number of hydrogen-bond acceptors (Lipinski definition) is 4. The van der Waals surface area contributed by atoms with Gasteiger partial charge in [-0.2, -0.15) is 13.2 Å². The number of benzene rings is 3. The van der Waals surface area contributed by atoms with Crippen molar-refractivity contribution < 1.29 is 22.7 Å². The van der Waals surface area contributed by atoms with Crippen LogP contribution in [-0.4, -0.2) is 36.1 Å². The molecule has 0 radical (unpaired) electrons. The SMILES string of the molecule is COC(=O)C1CN(CCCCCCBr)c2c(-c3cccc(C(F)(F)F)c3)c(Cc3cccc4ccccc34)c(Cl)c(=O)n21. The molecule has 0 saturated heterocycles. The van der Waals surface area contributed by atoms with Crippen molar-refractivity contribution in [1.29, 1.82) is 0 Å². The highest BCUT2D eigenvalue weighted by molar-refractivity contribution is 9.09. The number of carbonyl (C=O) groups is 1. The molecular formula is C33H31BrClF3N2O3. The second-order valence-corrected chi connectivity index (χ2v) is 11.8. The summed E-state index contributed by atoms with van der Waals surface area (Å²) in [5.41, 5.74) is 0.594. The Morgan fingerprint density at radius 2 is 1.74 bits per heavy atom. The normalized spacial score (nSPS) is 14.7. The van der Waals surface area contributed by atoms with Crippen molar-refractivity contribution in [3.63, 3.8) is 0 Å². The lowest BCUT2D eigenvalue weighted by molar-refractivity contribution is -0.144. The van der Waals surface area contributed by atoms with Gasteiger partial charge in [-0.15, -0.1) is 0 Å². The molecule has 5 rings (SSSR count). The van der Waals surface area contributed by atoms with Crippen LogP contribution in [0, 0.1) is 0 Å². The number of esters is 1. The van der Waals surface area contributed by atoms with Crippen LogP contribution in [0.2, 0.25) is 5.02 Å². The standard InChI is InChI=1S/C33H31BrClF3N2O3/c1-43-32(42)27-20-39(17-7-3-2-6-16-34)30-28(23-13-9-14-24(18-23)33(36,37)38)26(29(35)31(41)40(27)30)19-22-12-8-11-21-10-4-5-15-25(21)22/h4-5,8-15,18,27H,2-3,6-7,16-17,19-20H2,1H3. The molecule has 1 aliphatic heterocycles. The first-order chi connectivity index (χ1) is 20.7. The maximum atomic E-state index is 13.9. The van der Waals surface area contributed by atoms with Crippen LogP contribution in [-0.2, 0) is 22.1 Å². The fourth-order valence-electron chi connectivity index (χ4n) is 5.89. The molecule has 10 heteroatoms. The quantitative estimate of drug-likeness (QED) is 0.0963. The summed E-state index contributed by atoms with van der Waals surface area (Å²) in [6.45, 7) is 0.664. The van der Waals surface area contributed by atoms with Gasteiger partial charge in [0, 0.05) is 23.9 Å². The zero-order valence-electron chi connectivity index (χ0n) is 23.6. The minimum absolute atomic E-state index is 0.128. The van der Waals surface area contributed by atoms with Gasteiger partial charge in [-0.3, -0.25) is 9.36 Å². The minimum Gasteiger partial charge on any atom is -0.467 e. The summed E-state index contributed by atoms with van der Waals surface area (Å²) >= 11 is 10.3. The molecule has 0 amide bonds. The van der Waals surface area contributed by atoms with Crippen LogP contribution in [0.3, 0.4) is 0 Å². The zero-order chi connectivity index (χ0) is 30.7. The van der Waals surface area contributed by atoms with Crippen molar-refractivity contribution in [2.24, 2.45) is 0 Å².